The molecule has 12 heavy (non-hydrogen) atoms. The molecule has 0 N–H and O–H groups in total. The van der Waals surface area contributed by atoms with E-state index in [1.54, 1.807) is 0 Å². The molecule has 0 amide bonds. The van der Waals surface area contributed by atoms with E-state index >= 15 is 0 Å². The topological polar surface area (TPSA) is 86.3 Å². The van der Waals surface area contributed by atoms with Gasteiger partial charge in [-0.05, 0) is 6.42 Å². The monoisotopic (exact) mass is 174 g/mol. The summed E-state index contributed by atoms with van der Waals surface area (Å²) in [6, 6.07) is -1.40. The van der Waals surface area contributed by atoms with E-state index in [0.717, 1.165) is 0 Å². The van der Waals surface area contributed by atoms with Crippen LogP contribution in [-0.4, -0.2) is 21.9 Å². The smallest absolute Gasteiger partial charge is 0.219 e. The lowest BCUT2D eigenvalue weighted by Crippen LogP contribution is -2.34. The van der Waals surface area contributed by atoms with Crippen LogP contribution in [0.15, 0.2) is 0 Å². The quantitative estimate of drug-likeness (QED) is 0.458. The van der Waals surface area contributed by atoms with E-state index in [0.29, 0.717) is 19.3 Å². The van der Waals surface area contributed by atoms with Gasteiger partial charge in [0.2, 0.25) is 12.1 Å². The molecule has 0 saturated heterocycles. The zero-order valence-electron chi connectivity index (χ0n) is 6.51. The average Bonchev–Trinajstić information content (AvgIpc) is 2.04. The van der Waals surface area contributed by atoms with Crippen LogP contribution in [0, 0.1) is 20.2 Å². The van der Waals surface area contributed by atoms with Crippen LogP contribution in [0.3, 0.4) is 0 Å². The highest BCUT2D eigenvalue weighted by Crippen LogP contribution is 2.22. The Bertz CT molecular complexity index is 186. The molecule has 0 aromatic carbocycles. The van der Waals surface area contributed by atoms with Crippen LogP contribution in [0.2, 0.25) is 0 Å². The van der Waals surface area contributed by atoms with E-state index in [9.17, 15) is 20.2 Å². The van der Waals surface area contributed by atoms with Crippen molar-refractivity contribution >= 4 is 0 Å². The lowest BCUT2D eigenvalue weighted by molar-refractivity contribution is -0.567. The average molecular weight is 174 g/mol. The fourth-order valence-electron chi connectivity index (χ4n) is 1.52. The van der Waals surface area contributed by atoms with Crippen LogP contribution >= 0.6 is 0 Å². The summed E-state index contributed by atoms with van der Waals surface area (Å²) < 4.78 is 0. The predicted octanol–water partition coefficient (Wildman–Crippen LogP) is 0.851. The van der Waals surface area contributed by atoms with Crippen LogP contribution in [0.5, 0.6) is 0 Å². The maximum atomic E-state index is 10.3. The van der Waals surface area contributed by atoms with Gasteiger partial charge in [0.15, 0.2) is 0 Å². The highest BCUT2D eigenvalue weighted by molar-refractivity contribution is 4.71. The Morgan fingerprint density at radius 2 is 1.42 bits per heavy atom. The van der Waals surface area contributed by atoms with E-state index in [1.807, 2.05) is 0 Å². The first-order valence-corrected chi connectivity index (χ1v) is 3.88. The molecular weight excluding hydrogens is 164 g/mol. The van der Waals surface area contributed by atoms with Crippen molar-refractivity contribution in [3.63, 3.8) is 0 Å². The molecule has 0 heterocycles. The van der Waals surface area contributed by atoms with E-state index in [1.165, 1.54) is 0 Å². The van der Waals surface area contributed by atoms with Gasteiger partial charge in [0, 0.05) is 22.7 Å². The van der Waals surface area contributed by atoms with Crippen molar-refractivity contribution in [3.8, 4) is 0 Å². The predicted molar refractivity (Wildman–Crippen MR) is 40.0 cm³/mol. The first kappa shape index (κ1) is 8.89. The maximum absolute atomic E-state index is 10.3. The molecule has 0 aromatic rings. The summed E-state index contributed by atoms with van der Waals surface area (Å²) in [5, 5.41) is 20.6. The van der Waals surface area contributed by atoms with Crippen molar-refractivity contribution < 1.29 is 9.85 Å². The second-order valence-corrected chi connectivity index (χ2v) is 3.04. The first-order valence-electron chi connectivity index (χ1n) is 3.88. The summed E-state index contributed by atoms with van der Waals surface area (Å²) >= 11 is 0. The Kier molecular flexibility index (Phi) is 2.57. The highest BCUT2D eigenvalue weighted by Gasteiger charge is 2.35. The fraction of sp³-hybridized carbons (Fsp3) is 1.00. The Hall–Kier alpha value is -1.20. The summed E-state index contributed by atoms with van der Waals surface area (Å²) in [6.07, 6.45) is 1.66. The minimum atomic E-state index is -0.700. The number of nitro groups is 2. The molecule has 1 aliphatic rings. The second-order valence-electron chi connectivity index (χ2n) is 3.04. The van der Waals surface area contributed by atoms with Crippen LogP contribution in [0.25, 0.3) is 0 Å². The van der Waals surface area contributed by atoms with Gasteiger partial charge >= 0.3 is 0 Å². The molecular formula is C6H10N2O4. The molecule has 1 fully saturated rings. The summed E-state index contributed by atoms with van der Waals surface area (Å²) in [7, 11) is 0. The first-order chi connectivity index (χ1) is 5.61. The molecule has 6 nitrogen and oxygen atoms in total. The molecule has 2 unspecified atom stereocenters. The van der Waals surface area contributed by atoms with E-state index < -0.39 is 21.9 Å². The number of hydrogen-bond donors (Lipinski definition) is 0. The highest BCUT2D eigenvalue weighted by atomic mass is 16.6. The van der Waals surface area contributed by atoms with Gasteiger partial charge in [-0.3, -0.25) is 20.2 Å². The van der Waals surface area contributed by atoms with Crippen LogP contribution in [-0.2, 0) is 0 Å². The Morgan fingerprint density at radius 1 is 1.00 bits per heavy atom. The minimum absolute atomic E-state index is 0.0972. The van der Waals surface area contributed by atoms with Crippen molar-refractivity contribution in [1.29, 1.82) is 0 Å². The van der Waals surface area contributed by atoms with Crippen LogP contribution < -0.4 is 0 Å². The van der Waals surface area contributed by atoms with Gasteiger partial charge in [-0.1, -0.05) is 0 Å². The summed E-state index contributed by atoms with van der Waals surface area (Å²) in [5.41, 5.74) is 0. The van der Waals surface area contributed by atoms with Gasteiger partial charge in [-0.25, -0.2) is 0 Å². The molecule has 1 rings (SSSR count). The third-order valence-corrected chi connectivity index (χ3v) is 2.22. The molecule has 1 saturated carbocycles. The zero-order chi connectivity index (χ0) is 9.14. The van der Waals surface area contributed by atoms with E-state index in [4.69, 9.17) is 0 Å². The number of hydrogen-bond acceptors (Lipinski definition) is 4. The van der Waals surface area contributed by atoms with Gasteiger partial charge in [-0.15, -0.1) is 0 Å². The molecule has 6 heteroatoms. The lowest BCUT2D eigenvalue weighted by atomic mass is 9.92. The Balaban J connectivity index is 2.51. The van der Waals surface area contributed by atoms with E-state index in [-0.39, 0.29) is 6.42 Å². The van der Waals surface area contributed by atoms with Gasteiger partial charge in [0.1, 0.15) is 0 Å². The fourth-order valence-corrected chi connectivity index (χ4v) is 1.52. The zero-order valence-corrected chi connectivity index (χ0v) is 6.51. The molecule has 0 radical (unpaired) electrons. The lowest BCUT2D eigenvalue weighted by Gasteiger charge is -2.17. The van der Waals surface area contributed by atoms with E-state index in [2.05, 4.69) is 0 Å². The van der Waals surface area contributed by atoms with Crippen molar-refractivity contribution in [3.05, 3.63) is 20.2 Å². The van der Waals surface area contributed by atoms with Crippen molar-refractivity contribution in [2.24, 2.45) is 0 Å². The Labute approximate surface area is 68.9 Å². The molecule has 0 bridgehead atoms. The molecule has 68 valence electrons. The van der Waals surface area contributed by atoms with Crippen LogP contribution in [0.4, 0.5) is 0 Å². The van der Waals surface area contributed by atoms with Crippen molar-refractivity contribution in [2.45, 2.75) is 37.8 Å². The number of rotatable bonds is 2. The third kappa shape index (κ3) is 1.90. The summed E-state index contributed by atoms with van der Waals surface area (Å²) in [6.45, 7) is 0. The van der Waals surface area contributed by atoms with Gasteiger partial charge in [0.25, 0.3) is 0 Å². The summed E-state index contributed by atoms with van der Waals surface area (Å²) in [4.78, 5) is 19.8. The molecule has 2 atom stereocenters. The minimum Gasteiger partial charge on any atom is -0.264 e. The van der Waals surface area contributed by atoms with Gasteiger partial charge in [-0.2, -0.15) is 0 Å². The molecule has 0 aliphatic heterocycles. The molecule has 0 aromatic heterocycles. The maximum Gasteiger partial charge on any atom is 0.219 e. The van der Waals surface area contributed by atoms with Crippen molar-refractivity contribution in [1.82, 2.24) is 0 Å². The van der Waals surface area contributed by atoms with Crippen LogP contribution in [0.1, 0.15) is 25.7 Å². The normalized spacial score (nSPS) is 29.7. The summed E-state index contributed by atoms with van der Waals surface area (Å²) in [5.74, 6) is 0. The molecule has 0 spiro atoms. The van der Waals surface area contributed by atoms with Gasteiger partial charge < -0.3 is 0 Å². The molecule has 1 aliphatic carbocycles. The van der Waals surface area contributed by atoms with Gasteiger partial charge in [0.05, 0.1) is 6.42 Å². The number of nitrogens with zero attached hydrogens (tertiary/aromatic N) is 2. The Morgan fingerprint density at radius 3 is 1.75 bits per heavy atom. The second kappa shape index (κ2) is 3.46. The SMILES string of the molecule is O=[N+]([O-])C1CCCC([N+](=O)[O-])C1. The third-order valence-electron chi connectivity index (χ3n) is 2.22. The van der Waals surface area contributed by atoms with Crippen molar-refractivity contribution in [2.75, 3.05) is 0 Å². The largest absolute Gasteiger partial charge is 0.264 e. The standard InChI is InChI=1S/C6H10N2O4/c9-7(10)5-2-1-3-6(4-5)8(11)12/h5-6H,1-4H2.